The van der Waals surface area contributed by atoms with Crippen LogP contribution in [0, 0.1) is 0 Å². The normalized spacial score (nSPS) is 20.9. The number of hydrogen-bond donors (Lipinski definition) is 8. The van der Waals surface area contributed by atoms with E-state index in [1.54, 1.807) is 0 Å². The molecule has 0 aromatic heterocycles. The van der Waals surface area contributed by atoms with E-state index in [1.807, 2.05) is 11.8 Å². The second-order valence-corrected chi connectivity index (χ2v) is 9.68. The van der Waals surface area contributed by atoms with Crippen LogP contribution in [0.15, 0.2) is 12.1 Å². The molecular weight excluding hydrogens is 476 g/mol. The van der Waals surface area contributed by atoms with Crippen LogP contribution in [0.5, 0.6) is 0 Å². The maximum Gasteiger partial charge on any atom is 0.321 e. The Bertz CT molecular complexity index is 753. The van der Waals surface area contributed by atoms with Crippen molar-refractivity contribution >= 4 is 35.6 Å². The predicted molar refractivity (Wildman–Crippen MR) is 133 cm³/mol. The summed E-state index contributed by atoms with van der Waals surface area (Å²) in [6.45, 7) is 1.13. The van der Waals surface area contributed by atoms with Gasteiger partial charge in [0.15, 0.2) is 0 Å². The standard InChI is InChI=1S/C21H38N8O5S/c22-12-18(34-23)28-20(32)26-11-10-25-17(31)7-2-1-5-9-24-16(30)8-4-3-6-15-19-14(13-35-15)27-21(33)29-19/h12,14-15,19H,1-11,13,22-23H2,(H,24,30)(H,25,31)(H2,26,28,32)(H2,27,29,33)/b18-12-. The molecule has 0 aliphatic carbocycles. The first-order chi connectivity index (χ1) is 16.9. The summed E-state index contributed by atoms with van der Waals surface area (Å²) in [4.78, 5) is 51.0. The number of hydrogen-bond acceptors (Lipinski definition) is 8. The molecule has 2 aliphatic heterocycles. The minimum absolute atomic E-state index is 0.0548. The molecule has 0 spiro atoms. The number of unbranched alkanes of at least 4 members (excludes halogenated alkanes) is 3. The van der Waals surface area contributed by atoms with Crippen LogP contribution in [-0.4, -0.2) is 66.6 Å². The van der Waals surface area contributed by atoms with Gasteiger partial charge in [0.05, 0.1) is 18.3 Å². The number of carbonyl (C=O) groups is 4. The number of amides is 6. The lowest BCUT2D eigenvalue weighted by Gasteiger charge is -2.16. The number of thioether (sulfide) groups is 1. The van der Waals surface area contributed by atoms with Gasteiger partial charge in [-0.05, 0) is 25.7 Å². The largest absolute Gasteiger partial charge is 0.400 e. The van der Waals surface area contributed by atoms with Crippen LogP contribution in [0.3, 0.4) is 0 Å². The van der Waals surface area contributed by atoms with Crippen LogP contribution in [-0.2, 0) is 14.4 Å². The highest BCUT2D eigenvalue weighted by Gasteiger charge is 2.42. The maximum absolute atomic E-state index is 12.0. The summed E-state index contributed by atoms with van der Waals surface area (Å²) in [7, 11) is 0. The molecule has 14 heteroatoms. The third-order valence-electron chi connectivity index (χ3n) is 5.73. The van der Waals surface area contributed by atoms with Gasteiger partial charge in [0.25, 0.3) is 0 Å². The summed E-state index contributed by atoms with van der Waals surface area (Å²) < 4.78 is 0. The van der Waals surface area contributed by atoms with Gasteiger partial charge in [-0.2, -0.15) is 17.7 Å². The average molecular weight is 515 g/mol. The average Bonchev–Trinajstić information content (AvgIpc) is 3.39. The van der Waals surface area contributed by atoms with E-state index < -0.39 is 6.03 Å². The SMILES string of the molecule is N/C=C(/NC(=O)NCCNC(=O)CCCCCNC(=O)CCCCC1SCC2NC(=O)NC21)ON. The summed E-state index contributed by atoms with van der Waals surface area (Å²) >= 11 is 1.89. The van der Waals surface area contributed by atoms with E-state index in [9.17, 15) is 19.2 Å². The van der Waals surface area contributed by atoms with Gasteiger partial charge in [-0.25, -0.2) is 9.59 Å². The molecule has 0 radical (unpaired) electrons. The van der Waals surface area contributed by atoms with Crippen LogP contribution in [0.1, 0.15) is 51.4 Å². The summed E-state index contributed by atoms with van der Waals surface area (Å²) in [5, 5.41) is 16.8. The molecule has 0 saturated carbocycles. The number of rotatable bonds is 16. The first-order valence-electron chi connectivity index (χ1n) is 12.0. The van der Waals surface area contributed by atoms with Gasteiger partial charge in [-0.3, -0.25) is 14.9 Å². The molecule has 2 fully saturated rings. The zero-order valence-corrected chi connectivity index (χ0v) is 20.7. The highest BCUT2D eigenvalue weighted by molar-refractivity contribution is 8.00. The van der Waals surface area contributed by atoms with E-state index in [0.717, 1.165) is 50.5 Å². The molecule has 0 aromatic rings. The van der Waals surface area contributed by atoms with Crippen LogP contribution in [0.2, 0.25) is 0 Å². The number of fused-ring (bicyclic) bond motifs is 1. The predicted octanol–water partition coefficient (Wildman–Crippen LogP) is -0.548. The Labute approximate surface area is 209 Å². The Hall–Kier alpha value is -2.87. The Morgan fingerprint density at radius 2 is 1.66 bits per heavy atom. The van der Waals surface area contributed by atoms with Crippen molar-refractivity contribution in [2.45, 2.75) is 68.7 Å². The molecule has 2 saturated heterocycles. The van der Waals surface area contributed by atoms with E-state index in [0.29, 0.717) is 31.2 Å². The fourth-order valence-corrected chi connectivity index (χ4v) is 5.45. The van der Waals surface area contributed by atoms with Gasteiger partial charge in [0, 0.05) is 43.5 Å². The zero-order valence-electron chi connectivity index (χ0n) is 19.9. The first-order valence-corrected chi connectivity index (χ1v) is 13.0. The third kappa shape index (κ3) is 10.9. The van der Waals surface area contributed by atoms with Gasteiger partial charge in [0.2, 0.25) is 17.7 Å². The molecule has 6 amide bonds. The molecule has 10 N–H and O–H groups in total. The number of nitrogens with two attached hydrogens (primary N) is 2. The lowest BCUT2D eigenvalue weighted by Crippen LogP contribution is -2.40. The molecule has 35 heavy (non-hydrogen) atoms. The molecule has 2 aliphatic rings. The van der Waals surface area contributed by atoms with Crippen molar-refractivity contribution in [1.82, 2.24) is 31.9 Å². The van der Waals surface area contributed by atoms with Crippen LogP contribution in [0.25, 0.3) is 0 Å². The quantitative estimate of drug-likeness (QED) is 0.0580. The third-order valence-corrected chi connectivity index (χ3v) is 7.24. The van der Waals surface area contributed by atoms with E-state index in [1.165, 1.54) is 0 Å². The fraction of sp³-hybridized carbons (Fsp3) is 0.714. The smallest absolute Gasteiger partial charge is 0.321 e. The zero-order chi connectivity index (χ0) is 25.5. The molecule has 3 atom stereocenters. The van der Waals surface area contributed by atoms with Crippen molar-refractivity contribution in [3.63, 3.8) is 0 Å². The monoisotopic (exact) mass is 514 g/mol. The molecule has 3 unspecified atom stereocenters. The van der Waals surface area contributed by atoms with Crippen molar-refractivity contribution in [2.24, 2.45) is 11.6 Å². The Kier molecular flexibility index (Phi) is 12.9. The molecule has 2 heterocycles. The van der Waals surface area contributed by atoms with E-state index in [2.05, 4.69) is 36.7 Å². The number of nitrogens with one attached hydrogen (secondary N) is 6. The molecule has 0 bridgehead atoms. The number of carbonyl (C=O) groups excluding carboxylic acids is 4. The van der Waals surface area contributed by atoms with E-state index in [4.69, 9.17) is 11.6 Å². The molecule has 198 valence electrons. The van der Waals surface area contributed by atoms with Crippen molar-refractivity contribution in [1.29, 1.82) is 0 Å². The van der Waals surface area contributed by atoms with Gasteiger partial charge in [0.1, 0.15) is 0 Å². The van der Waals surface area contributed by atoms with Crippen LogP contribution < -0.4 is 43.5 Å². The Morgan fingerprint density at radius 1 is 0.971 bits per heavy atom. The molecule has 13 nitrogen and oxygen atoms in total. The van der Waals surface area contributed by atoms with Gasteiger partial charge < -0.3 is 37.2 Å². The summed E-state index contributed by atoms with van der Waals surface area (Å²) in [5.41, 5.74) is 5.18. The maximum atomic E-state index is 12.0. The second kappa shape index (κ2) is 15.9. The van der Waals surface area contributed by atoms with Crippen molar-refractivity contribution in [3.8, 4) is 0 Å². The van der Waals surface area contributed by atoms with Gasteiger partial charge in [-0.1, -0.05) is 12.8 Å². The highest BCUT2D eigenvalue weighted by Crippen LogP contribution is 2.33. The van der Waals surface area contributed by atoms with Gasteiger partial charge in [-0.15, -0.1) is 0 Å². The number of urea groups is 2. The Morgan fingerprint density at radius 3 is 2.37 bits per heavy atom. The van der Waals surface area contributed by atoms with E-state index in [-0.39, 0.29) is 42.4 Å². The van der Waals surface area contributed by atoms with Crippen LogP contribution in [0.4, 0.5) is 9.59 Å². The molecule has 0 aromatic carbocycles. The van der Waals surface area contributed by atoms with Crippen LogP contribution >= 0.6 is 11.8 Å². The molecule has 2 rings (SSSR count). The van der Waals surface area contributed by atoms with Crippen molar-refractivity contribution in [3.05, 3.63) is 12.1 Å². The minimum atomic E-state index is -0.550. The van der Waals surface area contributed by atoms with Crippen molar-refractivity contribution in [2.75, 3.05) is 25.4 Å². The fourth-order valence-electron chi connectivity index (χ4n) is 3.91. The summed E-state index contributed by atoms with van der Waals surface area (Å²) in [6, 6.07) is -0.167. The molecular formula is C21H38N8O5S. The van der Waals surface area contributed by atoms with E-state index >= 15 is 0 Å². The topological polar surface area (TPSA) is 202 Å². The summed E-state index contributed by atoms with van der Waals surface area (Å²) in [5.74, 6) is 5.72. The first kappa shape index (κ1) is 28.4. The lowest BCUT2D eigenvalue weighted by atomic mass is 10.0. The summed E-state index contributed by atoms with van der Waals surface area (Å²) in [6.07, 6.45) is 7.08. The lowest BCUT2D eigenvalue weighted by molar-refractivity contribution is -0.122. The Balaban J connectivity index is 1.37. The highest BCUT2D eigenvalue weighted by atomic mass is 32.2. The second-order valence-electron chi connectivity index (χ2n) is 8.41. The minimum Gasteiger partial charge on any atom is -0.400 e. The van der Waals surface area contributed by atoms with Crippen molar-refractivity contribution < 1.29 is 24.0 Å². The van der Waals surface area contributed by atoms with Gasteiger partial charge >= 0.3 is 12.1 Å².